The maximum Gasteiger partial charge on any atom is 0.274 e. The van der Waals surface area contributed by atoms with Crippen LogP contribution in [0.15, 0.2) is 18.9 Å². The van der Waals surface area contributed by atoms with Crippen molar-refractivity contribution < 1.29 is 9.90 Å². The summed E-state index contributed by atoms with van der Waals surface area (Å²) >= 11 is 0. The van der Waals surface area contributed by atoms with Crippen molar-refractivity contribution in [3.63, 3.8) is 0 Å². The summed E-state index contributed by atoms with van der Waals surface area (Å²) in [6.07, 6.45) is 3.07. The lowest BCUT2D eigenvalue weighted by molar-refractivity contribution is 0.0731. The minimum absolute atomic E-state index is 0.0975. The number of nitrogens with zero attached hydrogens (tertiary/aromatic N) is 3. The van der Waals surface area contributed by atoms with Crippen molar-refractivity contribution >= 4 is 11.6 Å². The van der Waals surface area contributed by atoms with Crippen LogP contribution in [0.3, 0.4) is 0 Å². The molecular formula is C11H18N4O2. The minimum Gasteiger partial charge on any atom is -0.396 e. The number of hydrogen-bond donors (Lipinski definition) is 2. The van der Waals surface area contributed by atoms with Gasteiger partial charge in [0.25, 0.3) is 5.91 Å². The zero-order chi connectivity index (χ0) is 12.8. The van der Waals surface area contributed by atoms with Gasteiger partial charge in [0.2, 0.25) is 0 Å². The third kappa shape index (κ3) is 2.85. The van der Waals surface area contributed by atoms with Gasteiger partial charge in [-0.25, -0.2) is 0 Å². The van der Waals surface area contributed by atoms with Crippen LogP contribution in [0, 0.1) is 0 Å². The van der Waals surface area contributed by atoms with E-state index in [0.717, 1.165) is 0 Å². The summed E-state index contributed by atoms with van der Waals surface area (Å²) < 4.78 is 1.55. The minimum atomic E-state index is -0.240. The first kappa shape index (κ1) is 13.2. The fraction of sp³-hybridized carbons (Fsp3) is 0.455. The van der Waals surface area contributed by atoms with Crippen LogP contribution in [0.2, 0.25) is 0 Å². The van der Waals surface area contributed by atoms with Gasteiger partial charge in [0.05, 0.1) is 18.5 Å². The summed E-state index contributed by atoms with van der Waals surface area (Å²) in [6.45, 7) is 6.55. The Morgan fingerprint density at radius 2 is 2.47 bits per heavy atom. The average molecular weight is 238 g/mol. The molecule has 0 aliphatic heterocycles. The lowest BCUT2D eigenvalue weighted by atomic mass is 10.3. The maximum absolute atomic E-state index is 12.2. The second-order valence-electron chi connectivity index (χ2n) is 3.53. The van der Waals surface area contributed by atoms with E-state index in [1.165, 1.54) is 11.1 Å². The zero-order valence-electron chi connectivity index (χ0n) is 9.96. The smallest absolute Gasteiger partial charge is 0.274 e. The number of hydrogen-bond acceptors (Lipinski definition) is 4. The van der Waals surface area contributed by atoms with Crippen LogP contribution in [-0.4, -0.2) is 45.4 Å². The average Bonchev–Trinajstić information content (AvgIpc) is 2.69. The highest BCUT2D eigenvalue weighted by atomic mass is 16.3. The van der Waals surface area contributed by atoms with Crippen molar-refractivity contribution in [2.45, 2.75) is 13.5 Å². The number of aliphatic hydroxyl groups is 1. The molecule has 1 aromatic rings. The largest absolute Gasteiger partial charge is 0.396 e. The number of nitrogens with two attached hydrogens (primary N) is 1. The maximum atomic E-state index is 12.2. The van der Waals surface area contributed by atoms with Gasteiger partial charge in [-0.3, -0.25) is 9.48 Å². The van der Waals surface area contributed by atoms with Crippen molar-refractivity contribution in [2.24, 2.45) is 0 Å². The number of amides is 1. The number of anilines is 1. The molecule has 1 amide bonds. The SMILES string of the molecule is C=CCN(CCO)C(=O)c1c(N)cnn1CC. The van der Waals surface area contributed by atoms with Crippen LogP contribution in [-0.2, 0) is 6.54 Å². The van der Waals surface area contributed by atoms with Crippen LogP contribution < -0.4 is 5.73 Å². The Labute approximate surface area is 100 Å². The van der Waals surface area contributed by atoms with Crippen molar-refractivity contribution in [1.29, 1.82) is 0 Å². The van der Waals surface area contributed by atoms with E-state index in [0.29, 0.717) is 24.5 Å². The molecule has 94 valence electrons. The third-order valence-corrected chi connectivity index (χ3v) is 2.38. The van der Waals surface area contributed by atoms with E-state index in [1.54, 1.807) is 10.8 Å². The number of nitrogen functional groups attached to an aromatic ring is 1. The highest BCUT2D eigenvalue weighted by Gasteiger charge is 2.21. The van der Waals surface area contributed by atoms with Gasteiger partial charge < -0.3 is 15.7 Å². The van der Waals surface area contributed by atoms with Crippen LogP contribution in [0.4, 0.5) is 5.69 Å². The Balaban J connectivity index is 2.99. The van der Waals surface area contributed by atoms with Gasteiger partial charge in [-0.1, -0.05) is 6.08 Å². The van der Waals surface area contributed by atoms with Gasteiger partial charge >= 0.3 is 0 Å². The van der Waals surface area contributed by atoms with Gasteiger partial charge in [0.1, 0.15) is 5.69 Å². The molecule has 17 heavy (non-hydrogen) atoms. The number of aryl methyl sites for hydroxylation is 1. The highest BCUT2D eigenvalue weighted by Crippen LogP contribution is 2.13. The number of carbonyl (C=O) groups excluding carboxylic acids is 1. The molecule has 0 fully saturated rings. The van der Waals surface area contributed by atoms with Gasteiger partial charge in [-0.05, 0) is 6.92 Å². The summed E-state index contributed by atoms with van der Waals surface area (Å²) in [6, 6.07) is 0. The second kappa shape index (κ2) is 6.05. The number of aliphatic hydroxyl groups excluding tert-OH is 1. The Morgan fingerprint density at radius 3 is 3.00 bits per heavy atom. The molecule has 0 spiro atoms. The summed E-state index contributed by atoms with van der Waals surface area (Å²) in [7, 11) is 0. The molecule has 1 aromatic heterocycles. The van der Waals surface area contributed by atoms with Gasteiger partial charge in [0, 0.05) is 19.6 Å². The molecule has 1 heterocycles. The van der Waals surface area contributed by atoms with Gasteiger partial charge in [0.15, 0.2) is 0 Å². The van der Waals surface area contributed by atoms with E-state index >= 15 is 0 Å². The summed E-state index contributed by atoms with van der Waals surface area (Å²) in [5.41, 5.74) is 6.44. The summed E-state index contributed by atoms with van der Waals surface area (Å²) in [4.78, 5) is 13.7. The van der Waals surface area contributed by atoms with E-state index in [-0.39, 0.29) is 19.1 Å². The zero-order valence-corrected chi connectivity index (χ0v) is 9.96. The summed E-state index contributed by atoms with van der Waals surface area (Å²) in [5.74, 6) is -0.240. The molecule has 0 saturated heterocycles. The molecule has 0 saturated carbocycles. The van der Waals surface area contributed by atoms with E-state index in [1.807, 2.05) is 6.92 Å². The standard InChI is InChI=1S/C11H18N4O2/c1-3-5-14(6-7-16)11(17)10-9(12)8-13-15(10)4-2/h3,8,16H,1,4-7,12H2,2H3. The van der Waals surface area contributed by atoms with E-state index < -0.39 is 0 Å². The van der Waals surface area contributed by atoms with Gasteiger partial charge in [-0.15, -0.1) is 6.58 Å². The normalized spacial score (nSPS) is 10.2. The fourth-order valence-electron chi connectivity index (χ4n) is 1.58. The molecule has 0 aliphatic carbocycles. The lowest BCUT2D eigenvalue weighted by Gasteiger charge is -2.20. The molecule has 6 nitrogen and oxygen atoms in total. The molecule has 0 radical (unpaired) electrons. The Kier molecular flexibility index (Phi) is 4.71. The van der Waals surface area contributed by atoms with Crippen molar-refractivity contribution in [3.8, 4) is 0 Å². The molecular weight excluding hydrogens is 220 g/mol. The highest BCUT2D eigenvalue weighted by molar-refractivity contribution is 5.97. The van der Waals surface area contributed by atoms with Crippen LogP contribution in [0.25, 0.3) is 0 Å². The molecule has 0 aromatic carbocycles. The number of aromatic nitrogens is 2. The number of rotatable bonds is 6. The third-order valence-electron chi connectivity index (χ3n) is 2.38. The molecule has 1 rings (SSSR count). The fourth-order valence-corrected chi connectivity index (χ4v) is 1.58. The number of carbonyl (C=O) groups is 1. The predicted octanol–water partition coefficient (Wildman–Crippen LogP) is 0.106. The second-order valence-corrected chi connectivity index (χ2v) is 3.53. The van der Waals surface area contributed by atoms with Crippen LogP contribution in [0.1, 0.15) is 17.4 Å². The lowest BCUT2D eigenvalue weighted by Crippen LogP contribution is -2.35. The van der Waals surface area contributed by atoms with Gasteiger partial charge in [-0.2, -0.15) is 5.10 Å². The van der Waals surface area contributed by atoms with E-state index in [4.69, 9.17) is 10.8 Å². The van der Waals surface area contributed by atoms with Crippen molar-refractivity contribution in [1.82, 2.24) is 14.7 Å². The van der Waals surface area contributed by atoms with Crippen molar-refractivity contribution in [3.05, 3.63) is 24.5 Å². The molecule has 0 atom stereocenters. The monoisotopic (exact) mass is 238 g/mol. The van der Waals surface area contributed by atoms with Crippen LogP contribution >= 0.6 is 0 Å². The first-order valence-electron chi connectivity index (χ1n) is 5.48. The molecule has 0 bridgehead atoms. The predicted molar refractivity (Wildman–Crippen MR) is 65.5 cm³/mol. The molecule has 0 aliphatic rings. The summed E-state index contributed by atoms with van der Waals surface area (Å²) in [5, 5.41) is 12.9. The molecule has 6 heteroatoms. The van der Waals surface area contributed by atoms with Crippen LogP contribution in [0.5, 0.6) is 0 Å². The topological polar surface area (TPSA) is 84.4 Å². The van der Waals surface area contributed by atoms with E-state index in [2.05, 4.69) is 11.7 Å². The molecule has 0 unspecified atom stereocenters. The Hall–Kier alpha value is -1.82. The first-order chi connectivity index (χ1) is 8.15. The first-order valence-corrected chi connectivity index (χ1v) is 5.48. The van der Waals surface area contributed by atoms with E-state index in [9.17, 15) is 4.79 Å². The Morgan fingerprint density at radius 1 is 1.76 bits per heavy atom. The Bertz CT molecular complexity index is 400. The van der Waals surface area contributed by atoms with Crippen molar-refractivity contribution in [2.75, 3.05) is 25.4 Å². The molecule has 3 N–H and O–H groups in total. The quantitative estimate of drug-likeness (QED) is 0.689.